The van der Waals surface area contributed by atoms with Crippen LogP contribution in [-0.2, 0) is 4.79 Å². The molecule has 1 aromatic rings. The molecule has 4 heteroatoms. The molecule has 0 saturated heterocycles. The molecule has 1 atom stereocenters. The Labute approximate surface area is 116 Å². The normalized spacial score (nSPS) is 13.4. The van der Waals surface area contributed by atoms with Gasteiger partial charge in [0.2, 0.25) is 5.91 Å². The highest BCUT2D eigenvalue weighted by molar-refractivity contribution is 5.85. The molecule has 0 aliphatic heterocycles. The SMILES string of the molecule is CNC(C)(C)C(=O)NC(CN(C)C)c1ccccc1. The van der Waals surface area contributed by atoms with Crippen LogP contribution in [-0.4, -0.2) is 44.0 Å². The van der Waals surface area contributed by atoms with Gasteiger partial charge in [0.1, 0.15) is 0 Å². The maximum atomic E-state index is 12.3. The highest BCUT2D eigenvalue weighted by Gasteiger charge is 2.27. The zero-order valence-corrected chi connectivity index (χ0v) is 12.5. The highest BCUT2D eigenvalue weighted by atomic mass is 16.2. The largest absolute Gasteiger partial charge is 0.346 e. The quantitative estimate of drug-likeness (QED) is 0.815. The van der Waals surface area contributed by atoms with Gasteiger partial charge < -0.3 is 15.5 Å². The molecule has 0 saturated carbocycles. The number of nitrogens with one attached hydrogen (secondary N) is 2. The molecule has 4 nitrogen and oxygen atoms in total. The second-order valence-electron chi connectivity index (χ2n) is 5.57. The molecular formula is C15H25N3O. The second-order valence-corrected chi connectivity index (χ2v) is 5.57. The summed E-state index contributed by atoms with van der Waals surface area (Å²) in [5.74, 6) is 0.00528. The summed E-state index contributed by atoms with van der Waals surface area (Å²) in [4.78, 5) is 14.3. The molecule has 0 spiro atoms. The van der Waals surface area contributed by atoms with Crippen molar-refractivity contribution in [1.29, 1.82) is 0 Å². The van der Waals surface area contributed by atoms with Crippen LogP contribution in [0.15, 0.2) is 30.3 Å². The summed E-state index contributed by atoms with van der Waals surface area (Å²) in [6, 6.07) is 10.1. The monoisotopic (exact) mass is 263 g/mol. The fraction of sp³-hybridized carbons (Fsp3) is 0.533. The summed E-state index contributed by atoms with van der Waals surface area (Å²) in [6.45, 7) is 4.52. The Bertz CT molecular complexity index is 401. The molecule has 2 N–H and O–H groups in total. The van der Waals surface area contributed by atoms with Gasteiger partial charge in [0.15, 0.2) is 0 Å². The predicted molar refractivity (Wildman–Crippen MR) is 79.0 cm³/mol. The van der Waals surface area contributed by atoms with E-state index in [4.69, 9.17) is 0 Å². The standard InChI is InChI=1S/C15H25N3O/c1-15(2,16-3)14(19)17-13(11-18(4)5)12-9-7-6-8-10-12/h6-10,13,16H,11H2,1-5H3,(H,17,19). The lowest BCUT2D eigenvalue weighted by Gasteiger charge is -2.28. The first kappa shape index (κ1) is 15.7. The van der Waals surface area contributed by atoms with E-state index in [1.165, 1.54) is 0 Å². The van der Waals surface area contributed by atoms with Crippen LogP contribution < -0.4 is 10.6 Å². The smallest absolute Gasteiger partial charge is 0.240 e. The van der Waals surface area contributed by atoms with E-state index in [2.05, 4.69) is 15.5 Å². The van der Waals surface area contributed by atoms with Crippen LogP contribution in [0.5, 0.6) is 0 Å². The van der Waals surface area contributed by atoms with Gasteiger partial charge in [-0.15, -0.1) is 0 Å². The third-order valence-corrected chi connectivity index (χ3v) is 3.25. The Morgan fingerprint density at radius 2 is 1.84 bits per heavy atom. The molecule has 19 heavy (non-hydrogen) atoms. The van der Waals surface area contributed by atoms with Crippen LogP contribution >= 0.6 is 0 Å². The topological polar surface area (TPSA) is 44.4 Å². The molecule has 0 aliphatic carbocycles. The number of hydrogen-bond acceptors (Lipinski definition) is 3. The van der Waals surface area contributed by atoms with Crippen LogP contribution in [0.4, 0.5) is 0 Å². The van der Waals surface area contributed by atoms with E-state index in [0.29, 0.717) is 0 Å². The van der Waals surface area contributed by atoms with E-state index >= 15 is 0 Å². The van der Waals surface area contributed by atoms with Gasteiger partial charge in [-0.1, -0.05) is 30.3 Å². The number of rotatable bonds is 6. The molecule has 1 rings (SSSR count). The molecular weight excluding hydrogens is 238 g/mol. The third kappa shape index (κ3) is 4.65. The van der Waals surface area contributed by atoms with Crippen molar-refractivity contribution in [1.82, 2.24) is 15.5 Å². The minimum atomic E-state index is -0.570. The maximum absolute atomic E-state index is 12.3. The molecule has 0 aromatic heterocycles. The summed E-state index contributed by atoms with van der Waals surface area (Å²) in [6.07, 6.45) is 0. The van der Waals surface area contributed by atoms with Crippen molar-refractivity contribution in [3.63, 3.8) is 0 Å². The van der Waals surface area contributed by atoms with Crippen LogP contribution in [0.1, 0.15) is 25.5 Å². The summed E-state index contributed by atoms with van der Waals surface area (Å²) >= 11 is 0. The fourth-order valence-corrected chi connectivity index (χ4v) is 1.74. The summed E-state index contributed by atoms with van der Waals surface area (Å²) in [5, 5.41) is 6.14. The first-order valence-corrected chi connectivity index (χ1v) is 6.56. The van der Waals surface area contributed by atoms with Gasteiger partial charge in [0.05, 0.1) is 11.6 Å². The fourth-order valence-electron chi connectivity index (χ4n) is 1.74. The van der Waals surface area contributed by atoms with Gasteiger partial charge in [-0.2, -0.15) is 0 Å². The van der Waals surface area contributed by atoms with Gasteiger partial charge in [0.25, 0.3) is 0 Å². The van der Waals surface area contributed by atoms with Crippen molar-refractivity contribution >= 4 is 5.91 Å². The van der Waals surface area contributed by atoms with Gasteiger partial charge in [-0.25, -0.2) is 0 Å². The van der Waals surface area contributed by atoms with E-state index in [-0.39, 0.29) is 11.9 Å². The zero-order valence-electron chi connectivity index (χ0n) is 12.5. The average Bonchev–Trinajstić information content (AvgIpc) is 2.38. The van der Waals surface area contributed by atoms with E-state index in [9.17, 15) is 4.79 Å². The summed E-state index contributed by atoms with van der Waals surface area (Å²) in [7, 11) is 5.81. The van der Waals surface area contributed by atoms with Crippen molar-refractivity contribution in [2.45, 2.75) is 25.4 Å². The molecule has 0 bridgehead atoms. The molecule has 1 unspecified atom stereocenters. The number of benzene rings is 1. The van der Waals surface area contributed by atoms with Gasteiger partial charge in [-0.05, 0) is 40.6 Å². The lowest BCUT2D eigenvalue weighted by Crippen LogP contribution is -2.52. The van der Waals surface area contributed by atoms with Crippen molar-refractivity contribution in [3.05, 3.63) is 35.9 Å². The maximum Gasteiger partial charge on any atom is 0.240 e. The van der Waals surface area contributed by atoms with E-state index in [1.54, 1.807) is 7.05 Å². The Balaban J connectivity index is 2.85. The Kier molecular flexibility index (Phi) is 5.51. The molecule has 1 aromatic carbocycles. The van der Waals surface area contributed by atoms with Crippen LogP contribution in [0, 0.1) is 0 Å². The van der Waals surface area contributed by atoms with E-state index in [0.717, 1.165) is 12.1 Å². The lowest BCUT2D eigenvalue weighted by atomic mass is 10.0. The molecule has 1 amide bonds. The van der Waals surface area contributed by atoms with Crippen molar-refractivity contribution < 1.29 is 4.79 Å². The molecule has 106 valence electrons. The van der Waals surface area contributed by atoms with Crippen molar-refractivity contribution in [2.75, 3.05) is 27.7 Å². The lowest BCUT2D eigenvalue weighted by molar-refractivity contribution is -0.127. The Hall–Kier alpha value is -1.39. The first-order valence-electron chi connectivity index (χ1n) is 6.56. The van der Waals surface area contributed by atoms with E-state index < -0.39 is 5.54 Å². The number of nitrogens with zero attached hydrogens (tertiary/aromatic N) is 1. The van der Waals surface area contributed by atoms with Gasteiger partial charge >= 0.3 is 0 Å². The molecule has 0 aliphatic rings. The van der Waals surface area contributed by atoms with Gasteiger partial charge in [0, 0.05) is 6.54 Å². The Morgan fingerprint density at radius 3 is 2.32 bits per heavy atom. The average molecular weight is 263 g/mol. The van der Waals surface area contributed by atoms with Crippen LogP contribution in [0.3, 0.4) is 0 Å². The Morgan fingerprint density at radius 1 is 1.26 bits per heavy atom. The minimum Gasteiger partial charge on any atom is -0.346 e. The number of carbonyl (C=O) groups excluding carboxylic acids is 1. The van der Waals surface area contributed by atoms with Crippen molar-refractivity contribution in [2.24, 2.45) is 0 Å². The number of amides is 1. The van der Waals surface area contributed by atoms with Crippen molar-refractivity contribution in [3.8, 4) is 0 Å². The number of likely N-dealkylation sites (N-methyl/N-ethyl adjacent to an activating group) is 2. The number of hydrogen-bond donors (Lipinski definition) is 2. The molecule has 0 fully saturated rings. The molecule has 0 heterocycles. The van der Waals surface area contributed by atoms with E-state index in [1.807, 2.05) is 58.3 Å². The zero-order chi connectivity index (χ0) is 14.5. The first-order chi connectivity index (χ1) is 8.86. The minimum absolute atomic E-state index is 0.00340. The number of carbonyl (C=O) groups is 1. The summed E-state index contributed by atoms with van der Waals surface area (Å²) in [5.41, 5.74) is 0.552. The van der Waals surface area contributed by atoms with Crippen LogP contribution in [0.2, 0.25) is 0 Å². The predicted octanol–water partition coefficient (Wildman–Crippen LogP) is 1.40. The third-order valence-electron chi connectivity index (χ3n) is 3.25. The summed E-state index contributed by atoms with van der Waals surface area (Å²) < 4.78 is 0. The second kappa shape index (κ2) is 6.68. The molecule has 0 radical (unpaired) electrons. The van der Waals surface area contributed by atoms with Crippen LogP contribution in [0.25, 0.3) is 0 Å². The van der Waals surface area contributed by atoms with Gasteiger partial charge in [-0.3, -0.25) is 4.79 Å². The highest BCUT2D eigenvalue weighted by Crippen LogP contribution is 2.15.